The van der Waals surface area contributed by atoms with E-state index in [4.69, 9.17) is 15.0 Å². The number of azide groups is 1. The summed E-state index contributed by atoms with van der Waals surface area (Å²) in [6, 6.07) is 9.83. The maximum Gasteiger partial charge on any atom is 0.410 e. The summed E-state index contributed by atoms with van der Waals surface area (Å²) in [5.41, 5.74) is 9.11. The molecule has 1 aliphatic heterocycles. The van der Waals surface area contributed by atoms with Crippen LogP contribution in [-0.4, -0.2) is 48.9 Å². The first-order chi connectivity index (χ1) is 11.4. The third-order valence-corrected chi connectivity index (χ3v) is 3.76. The van der Waals surface area contributed by atoms with Gasteiger partial charge in [0.1, 0.15) is 5.60 Å². The first kappa shape index (κ1) is 18.1. The standard InChI is InChI=1S/C17H24N4O3/c1-17(2,3)24-16(22)21-9-10-23-15(11-19-20-18)14(12-21)13-7-5-4-6-8-13/h4-8,14-15H,9-12H2,1-3H3/t14?,15-/m1/s1. The van der Waals surface area contributed by atoms with E-state index < -0.39 is 5.60 Å². The van der Waals surface area contributed by atoms with Crippen molar-refractivity contribution in [3.8, 4) is 0 Å². The Kier molecular flexibility index (Phi) is 6.06. The Morgan fingerprint density at radius 1 is 1.42 bits per heavy atom. The summed E-state index contributed by atoms with van der Waals surface area (Å²) in [5, 5.41) is 3.66. The third-order valence-electron chi connectivity index (χ3n) is 3.76. The van der Waals surface area contributed by atoms with Gasteiger partial charge in [0.25, 0.3) is 0 Å². The van der Waals surface area contributed by atoms with Crippen molar-refractivity contribution >= 4 is 6.09 Å². The Hall–Kier alpha value is -2.24. The first-order valence-electron chi connectivity index (χ1n) is 8.06. The van der Waals surface area contributed by atoms with Gasteiger partial charge in [-0.1, -0.05) is 35.4 Å². The number of hydrogen-bond acceptors (Lipinski definition) is 4. The van der Waals surface area contributed by atoms with Crippen LogP contribution in [0, 0.1) is 0 Å². The van der Waals surface area contributed by atoms with Crippen LogP contribution in [0.5, 0.6) is 0 Å². The van der Waals surface area contributed by atoms with Crippen LogP contribution in [0.3, 0.4) is 0 Å². The van der Waals surface area contributed by atoms with Gasteiger partial charge in [-0.05, 0) is 31.9 Å². The highest BCUT2D eigenvalue weighted by Gasteiger charge is 2.32. The summed E-state index contributed by atoms with van der Waals surface area (Å²) in [5.74, 6) is -0.0771. The number of amides is 1. The molecule has 2 rings (SSSR count). The summed E-state index contributed by atoms with van der Waals surface area (Å²) in [6.45, 7) is 7.07. The number of ether oxygens (including phenoxy) is 2. The Labute approximate surface area is 142 Å². The second kappa shape index (κ2) is 8.04. The molecule has 2 atom stereocenters. The van der Waals surface area contributed by atoms with E-state index in [0.29, 0.717) is 19.7 Å². The topological polar surface area (TPSA) is 87.5 Å². The van der Waals surface area contributed by atoms with Crippen molar-refractivity contribution in [1.29, 1.82) is 0 Å². The van der Waals surface area contributed by atoms with Crippen molar-refractivity contribution in [2.45, 2.75) is 38.4 Å². The highest BCUT2D eigenvalue weighted by molar-refractivity contribution is 5.68. The average Bonchev–Trinajstić information content (AvgIpc) is 2.74. The van der Waals surface area contributed by atoms with E-state index in [0.717, 1.165) is 5.56 Å². The van der Waals surface area contributed by atoms with Gasteiger partial charge in [0, 0.05) is 23.9 Å². The Morgan fingerprint density at radius 2 is 2.12 bits per heavy atom. The van der Waals surface area contributed by atoms with Crippen LogP contribution in [0.25, 0.3) is 10.4 Å². The van der Waals surface area contributed by atoms with Gasteiger partial charge in [-0.25, -0.2) is 4.79 Å². The minimum absolute atomic E-state index is 0.0771. The fourth-order valence-corrected chi connectivity index (χ4v) is 2.69. The van der Waals surface area contributed by atoms with Gasteiger partial charge in [-0.3, -0.25) is 0 Å². The van der Waals surface area contributed by atoms with Crippen LogP contribution in [0.1, 0.15) is 32.3 Å². The van der Waals surface area contributed by atoms with E-state index in [1.807, 2.05) is 51.1 Å². The van der Waals surface area contributed by atoms with Crippen molar-refractivity contribution in [2.75, 3.05) is 26.2 Å². The molecule has 1 aliphatic rings. The molecule has 1 fully saturated rings. The Bertz CT molecular complexity index is 594. The third kappa shape index (κ3) is 5.15. The van der Waals surface area contributed by atoms with Gasteiger partial charge < -0.3 is 14.4 Å². The van der Waals surface area contributed by atoms with Gasteiger partial charge in [0.05, 0.1) is 19.3 Å². The fraction of sp³-hybridized carbons (Fsp3) is 0.588. The van der Waals surface area contributed by atoms with E-state index in [2.05, 4.69) is 10.0 Å². The van der Waals surface area contributed by atoms with Crippen molar-refractivity contribution in [1.82, 2.24) is 4.90 Å². The lowest BCUT2D eigenvalue weighted by molar-refractivity contribution is 0.0233. The van der Waals surface area contributed by atoms with E-state index >= 15 is 0 Å². The molecule has 1 heterocycles. The van der Waals surface area contributed by atoms with E-state index in [1.165, 1.54) is 0 Å². The summed E-state index contributed by atoms with van der Waals surface area (Å²) in [6.07, 6.45) is -0.618. The summed E-state index contributed by atoms with van der Waals surface area (Å²) in [4.78, 5) is 16.9. The predicted molar refractivity (Wildman–Crippen MR) is 90.7 cm³/mol. The average molecular weight is 332 g/mol. The zero-order valence-electron chi connectivity index (χ0n) is 14.4. The lowest BCUT2D eigenvalue weighted by Crippen LogP contribution is -2.40. The predicted octanol–water partition coefficient (Wildman–Crippen LogP) is 3.72. The molecule has 1 unspecified atom stereocenters. The van der Waals surface area contributed by atoms with Crippen molar-refractivity contribution < 1.29 is 14.3 Å². The molecule has 0 saturated carbocycles. The highest BCUT2D eigenvalue weighted by atomic mass is 16.6. The maximum absolute atomic E-state index is 12.4. The second-order valence-corrected chi connectivity index (χ2v) is 6.77. The molecule has 130 valence electrons. The number of rotatable bonds is 3. The number of benzene rings is 1. The van der Waals surface area contributed by atoms with Crippen LogP contribution >= 0.6 is 0 Å². The van der Waals surface area contributed by atoms with Gasteiger partial charge in [0.15, 0.2) is 0 Å². The van der Waals surface area contributed by atoms with Crippen LogP contribution in [-0.2, 0) is 9.47 Å². The maximum atomic E-state index is 12.4. The molecule has 1 aromatic carbocycles. The monoisotopic (exact) mass is 332 g/mol. The first-order valence-corrected chi connectivity index (χ1v) is 8.06. The molecule has 1 saturated heterocycles. The van der Waals surface area contributed by atoms with Gasteiger partial charge >= 0.3 is 6.09 Å². The van der Waals surface area contributed by atoms with Crippen molar-refractivity contribution in [3.63, 3.8) is 0 Å². The Morgan fingerprint density at radius 3 is 2.75 bits per heavy atom. The Balaban J connectivity index is 2.21. The molecule has 0 bridgehead atoms. The van der Waals surface area contributed by atoms with E-state index in [1.54, 1.807) is 4.90 Å². The molecule has 7 nitrogen and oxygen atoms in total. The van der Waals surface area contributed by atoms with Crippen LogP contribution < -0.4 is 0 Å². The minimum Gasteiger partial charge on any atom is -0.444 e. The molecule has 0 aromatic heterocycles. The molecule has 0 radical (unpaired) electrons. The second-order valence-electron chi connectivity index (χ2n) is 6.77. The van der Waals surface area contributed by atoms with Crippen LogP contribution in [0.4, 0.5) is 4.79 Å². The molecule has 24 heavy (non-hydrogen) atoms. The van der Waals surface area contributed by atoms with Crippen LogP contribution in [0.2, 0.25) is 0 Å². The van der Waals surface area contributed by atoms with Gasteiger partial charge in [0.2, 0.25) is 0 Å². The van der Waals surface area contributed by atoms with Crippen LogP contribution in [0.15, 0.2) is 35.4 Å². The quantitative estimate of drug-likeness (QED) is 0.480. The summed E-state index contributed by atoms with van der Waals surface area (Å²) in [7, 11) is 0. The van der Waals surface area contributed by atoms with Gasteiger partial charge in [-0.15, -0.1) is 0 Å². The summed E-state index contributed by atoms with van der Waals surface area (Å²) < 4.78 is 11.4. The molecular weight excluding hydrogens is 308 g/mol. The number of carbonyl (C=O) groups is 1. The zero-order chi connectivity index (χ0) is 17.6. The molecule has 1 aromatic rings. The van der Waals surface area contributed by atoms with Crippen molar-refractivity contribution in [3.05, 3.63) is 46.3 Å². The molecule has 0 aliphatic carbocycles. The number of nitrogens with zero attached hydrogens (tertiary/aromatic N) is 4. The molecule has 1 amide bonds. The lowest BCUT2D eigenvalue weighted by atomic mass is 9.93. The molecule has 0 N–H and O–H groups in total. The summed E-state index contributed by atoms with van der Waals surface area (Å²) >= 11 is 0. The highest BCUT2D eigenvalue weighted by Crippen LogP contribution is 2.27. The lowest BCUT2D eigenvalue weighted by Gasteiger charge is -2.29. The van der Waals surface area contributed by atoms with E-state index in [9.17, 15) is 4.79 Å². The number of hydrogen-bond donors (Lipinski definition) is 0. The normalized spacial score (nSPS) is 21.5. The fourth-order valence-electron chi connectivity index (χ4n) is 2.69. The largest absolute Gasteiger partial charge is 0.444 e. The minimum atomic E-state index is -0.545. The molecular formula is C17H24N4O3. The number of carbonyl (C=O) groups excluding carboxylic acids is 1. The SMILES string of the molecule is CC(C)(C)OC(=O)N1CCO[C@H](CN=[N+]=[N-])C(c2ccccc2)C1. The van der Waals surface area contributed by atoms with E-state index in [-0.39, 0.29) is 24.7 Å². The van der Waals surface area contributed by atoms with Gasteiger partial charge in [-0.2, -0.15) is 0 Å². The molecule has 7 heteroatoms. The smallest absolute Gasteiger partial charge is 0.410 e. The van der Waals surface area contributed by atoms with Crippen molar-refractivity contribution in [2.24, 2.45) is 5.11 Å². The molecule has 0 spiro atoms. The zero-order valence-corrected chi connectivity index (χ0v) is 14.4.